The Morgan fingerprint density at radius 2 is 2.02 bits per heavy atom. The van der Waals surface area contributed by atoms with E-state index in [1.54, 1.807) is 30.8 Å². The molecule has 0 atom stereocenters. The SMILES string of the molecule is C=CC(=O)N1CCC(n2cc(-c3nc(-c4cn(C)cn4)c4ccsc4c3-c3ccc(F)cc3OCCOC)cn2)CC1. The Bertz CT molecular complexity index is 1750. The van der Waals surface area contributed by atoms with Crippen molar-refractivity contribution >= 4 is 27.3 Å². The van der Waals surface area contributed by atoms with Gasteiger partial charge in [0.25, 0.3) is 0 Å². The lowest BCUT2D eigenvalue weighted by molar-refractivity contribution is -0.127. The van der Waals surface area contributed by atoms with Crippen LogP contribution in [0.15, 0.2) is 67.2 Å². The Morgan fingerprint density at radius 1 is 1.19 bits per heavy atom. The zero-order valence-corrected chi connectivity index (χ0v) is 24.3. The molecule has 0 N–H and O–H groups in total. The van der Waals surface area contributed by atoms with Gasteiger partial charge in [-0.1, -0.05) is 6.58 Å². The summed E-state index contributed by atoms with van der Waals surface area (Å²) in [4.78, 5) is 23.7. The molecule has 5 heterocycles. The molecule has 1 aromatic carbocycles. The number of thiophene rings is 1. The van der Waals surface area contributed by atoms with E-state index in [-0.39, 0.29) is 24.4 Å². The number of methoxy groups -OCH3 is 1. The lowest BCUT2D eigenvalue weighted by Gasteiger charge is -2.31. The number of fused-ring (bicyclic) bond motifs is 1. The molecule has 216 valence electrons. The first-order valence-electron chi connectivity index (χ1n) is 13.7. The van der Waals surface area contributed by atoms with E-state index in [0.29, 0.717) is 31.1 Å². The number of carbonyl (C=O) groups excluding carboxylic acids is 1. The topological polar surface area (TPSA) is 87.3 Å². The molecule has 6 rings (SSSR count). The van der Waals surface area contributed by atoms with Crippen LogP contribution in [0, 0.1) is 5.82 Å². The van der Waals surface area contributed by atoms with E-state index in [1.165, 1.54) is 18.2 Å². The maximum Gasteiger partial charge on any atom is 0.245 e. The lowest BCUT2D eigenvalue weighted by atomic mass is 9.97. The van der Waals surface area contributed by atoms with Crippen LogP contribution >= 0.6 is 11.3 Å². The number of pyridine rings is 1. The molecule has 0 radical (unpaired) electrons. The van der Waals surface area contributed by atoms with Gasteiger partial charge < -0.3 is 18.9 Å². The minimum atomic E-state index is -0.387. The van der Waals surface area contributed by atoms with Crippen LogP contribution in [0.4, 0.5) is 4.39 Å². The number of ether oxygens (including phenoxy) is 2. The monoisotopic (exact) mass is 586 g/mol. The molecule has 0 aliphatic carbocycles. The van der Waals surface area contributed by atoms with Gasteiger partial charge in [-0.25, -0.2) is 14.4 Å². The minimum absolute atomic E-state index is 0.0439. The van der Waals surface area contributed by atoms with Crippen molar-refractivity contribution in [1.29, 1.82) is 0 Å². The van der Waals surface area contributed by atoms with Crippen molar-refractivity contribution in [3.63, 3.8) is 0 Å². The van der Waals surface area contributed by atoms with Crippen LogP contribution in [0.25, 0.3) is 43.9 Å². The van der Waals surface area contributed by atoms with Crippen LogP contribution in [0.2, 0.25) is 0 Å². The van der Waals surface area contributed by atoms with Gasteiger partial charge in [0.2, 0.25) is 5.91 Å². The summed E-state index contributed by atoms with van der Waals surface area (Å²) in [5.41, 5.74) is 4.64. The number of amides is 1. The summed E-state index contributed by atoms with van der Waals surface area (Å²) in [6.07, 6.45) is 10.5. The first kappa shape index (κ1) is 27.8. The van der Waals surface area contributed by atoms with Gasteiger partial charge in [-0.05, 0) is 42.5 Å². The highest BCUT2D eigenvalue weighted by Gasteiger charge is 2.26. The third kappa shape index (κ3) is 5.33. The number of piperidine rings is 1. The van der Waals surface area contributed by atoms with Crippen molar-refractivity contribution in [2.24, 2.45) is 7.05 Å². The van der Waals surface area contributed by atoms with Crippen LogP contribution < -0.4 is 4.74 Å². The summed E-state index contributed by atoms with van der Waals surface area (Å²) in [7, 11) is 3.53. The van der Waals surface area contributed by atoms with Crippen LogP contribution in [0.1, 0.15) is 18.9 Å². The van der Waals surface area contributed by atoms with Crippen molar-refractivity contribution in [3.8, 4) is 39.5 Å². The number of rotatable bonds is 9. The fourth-order valence-corrected chi connectivity index (χ4v) is 6.37. The molecule has 1 fully saturated rings. The molecule has 0 unspecified atom stereocenters. The Balaban J connectivity index is 1.48. The first-order chi connectivity index (χ1) is 20.5. The molecule has 1 aliphatic rings. The van der Waals surface area contributed by atoms with E-state index >= 15 is 0 Å². The van der Waals surface area contributed by atoms with Gasteiger partial charge in [0.05, 0.1) is 36.6 Å². The second-order valence-electron chi connectivity index (χ2n) is 10.2. The summed E-state index contributed by atoms with van der Waals surface area (Å²) in [5.74, 6) is -0.0121. The molecule has 11 heteroatoms. The maximum absolute atomic E-state index is 14.5. The third-order valence-corrected chi connectivity index (χ3v) is 8.45. The fraction of sp³-hybridized carbons (Fsp3) is 0.290. The standard InChI is InChI=1S/C31H31FN6O3S/c1-4-27(39)37-10-7-22(8-11-37)38-17-20(16-34-38)29-28(23-6-5-21(32)15-26(23)41-13-12-40-3)31-24(9-14-42-31)30(35-29)25-18-36(2)19-33-25/h4-6,9,14-19,22H,1,7-8,10-13H2,2-3H3. The van der Waals surface area contributed by atoms with E-state index in [9.17, 15) is 9.18 Å². The van der Waals surface area contributed by atoms with Crippen molar-refractivity contribution in [2.45, 2.75) is 18.9 Å². The molecule has 1 aliphatic heterocycles. The summed E-state index contributed by atoms with van der Waals surface area (Å²) in [6, 6.07) is 6.78. The summed E-state index contributed by atoms with van der Waals surface area (Å²) in [6.45, 7) is 5.56. The molecule has 0 bridgehead atoms. The molecule has 4 aromatic heterocycles. The highest BCUT2D eigenvalue weighted by molar-refractivity contribution is 7.18. The van der Waals surface area contributed by atoms with Gasteiger partial charge in [-0.15, -0.1) is 11.3 Å². The second-order valence-corrected chi connectivity index (χ2v) is 11.1. The zero-order valence-electron chi connectivity index (χ0n) is 23.5. The van der Waals surface area contributed by atoms with Crippen molar-refractivity contribution < 1.29 is 18.7 Å². The highest BCUT2D eigenvalue weighted by Crippen LogP contribution is 2.46. The number of hydrogen-bond donors (Lipinski definition) is 0. The Kier molecular flexibility index (Phi) is 7.86. The number of aromatic nitrogens is 5. The number of nitrogens with zero attached hydrogens (tertiary/aromatic N) is 6. The molecule has 1 saturated heterocycles. The molecular formula is C31H31FN6O3S. The smallest absolute Gasteiger partial charge is 0.245 e. The summed E-state index contributed by atoms with van der Waals surface area (Å²) in [5, 5.41) is 7.73. The van der Waals surface area contributed by atoms with Gasteiger partial charge in [0.1, 0.15) is 23.9 Å². The predicted molar refractivity (Wildman–Crippen MR) is 161 cm³/mol. The van der Waals surface area contributed by atoms with Crippen LogP contribution in [0.5, 0.6) is 5.75 Å². The number of imidazole rings is 1. The quantitative estimate of drug-likeness (QED) is 0.162. The largest absolute Gasteiger partial charge is 0.490 e. The molecule has 42 heavy (non-hydrogen) atoms. The normalized spacial score (nSPS) is 14.0. The molecule has 0 spiro atoms. The number of halogens is 1. The van der Waals surface area contributed by atoms with E-state index in [2.05, 4.69) is 11.6 Å². The van der Waals surface area contributed by atoms with Gasteiger partial charge in [-0.2, -0.15) is 5.10 Å². The van der Waals surface area contributed by atoms with E-state index in [0.717, 1.165) is 51.0 Å². The maximum atomic E-state index is 14.5. The van der Waals surface area contributed by atoms with Gasteiger partial charge in [0, 0.05) is 72.5 Å². The highest BCUT2D eigenvalue weighted by atomic mass is 32.1. The lowest BCUT2D eigenvalue weighted by Crippen LogP contribution is -2.38. The predicted octanol–water partition coefficient (Wildman–Crippen LogP) is 5.74. The van der Waals surface area contributed by atoms with Gasteiger partial charge in [0.15, 0.2) is 0 Å². The number of benzene rings is 1. The van der Waals surface area contributed by atoms with Gasteiger partial charge in [-0.3, -0.25) is 9.48 Å². The second kappa shape index (κ2) is 11.9. The van der Waals surface area contributed by atoms with E-state index < -0.39 is 0 Å². The molecule has 5 aromatic rings. The Labute approximate surface area is 246 Å². The van der Waals surface area contributed by atoms with Gasteiger partial charge >= 0.3 is 0 Å². The summed E-state index contributed by atoms with van der Waals surface area (Å²) >= 11 is 1.59. The van der Waals surface area contributed by atoms with Crippen LogP contribution in [-0.2, 0) is 16.6 Å². The molecule has 1 amide bonds. The van der Waals surface area contributed by atoms with Crippen molar-refractivity contribution in [3.05, 3.63) is 73.0 Å². The van der Waals surface area contributed by atoms with Crippen molar-refractivity contribution in [1.82, 2.24) is 29.2 Å². The molecule has 0 saturated carbocycles. The first-order valence-corrected chi connectivity index (χ1v) is 14.6. The van der Waals surface area contributed by atoms with Crippen LogP contribution in [-0.4, -0.2) is 68.5 Å². The number of aryl methyl sites for hydroxylation is 1. The average molecular weight is 587 g/mol. The minimum Gasteiger partial charge on any atom is -0.490 e. The number of likely N-dealkylation sites (tertiary alicyclic amines) is 1. The summed E-state index contributed by atoms with van der Waals surface area (Å²) < 4.78 is 30.5. The fourth-order valence-electron chi connectivity index (χ4n) is 5.41. The third-order valence-electron chi connectivity index (χ3n) is 7.51. The molecule has 9 nitrogen and oxygen atoms in total. The zero-order chi connectivity index (χ0) is 29.2. The Hall–Kier alpha value is -4.35. The molecular weight excluding hydrogens is 555 g/mol. The van der Waals surface area contributed by atoms with Crippen LogP contribution in [0.3, 0.4) is 0 Å². The Morgan fingerprint density at radius 3 is 2.76 bits per heavy atom. The number of hydrogen-bond acceptors (Lipinski definition) is 7. The average Bonchev–Trinajstić information content (AvgIpc) is 3.78. The van der Waals surface area contributed by atoms with E-state index in [4.69, 9.17) is 19.6 Å². The number of carbonyl (C=O) groups is 1. The van der Waals surface area contributed by atoms with Crippen molar-refractivity contribution in [2.75, 3.05) is 33.4 Å². The van der Waals surface area contributed by atoms with E-state index in [1.807, 2.05) is 51.2 Å².